The third-order valence-corrected chi connectivity index (χ3v) is 5.16. The highest BCUT2D eigenvalue weighted by atomic mass is 16.2. The van der Waals surface area contributed by atoms with Crippen LogP contribution < -0.4 is 4.90 Å². The van der Waals surface area contributed by atoms with E-state index in [9.17, 15) is 9.59 Å². The van der Waals surface area contributed by atoms with Crippen molar-refractivity contribution in [1.29, 1.82) is 0 Å². The number of anilines is 1. The number of nitrogens with zero attached hydrogens (tertiary/aromatic N) is 6. The Labute approximate surface area is 145 Å². The first kappa shape index (κ1) is 15.7. The van der Waals surface area contributed by atoms with Gasteiger partial charge in [-0.1, -0.05) is 0 Å². The van der Waals surface area contributed by atoms with Gasteiger partial charge in [-0.25, -0.2) is 4.98 Å². The van der Waals surface area contributed by atoms with E-state index in [1.807, 2.05) is 20.2 Å². The summed E-state index contributed by atoms with van der Waals surface area (Å²) in [6.45, 7) is 3.51. The SMILES string of the molecule is Cc1cnc(C(=O)N2CC[C@@]3(CCN(c4cnn(C)c4)C3=O)C2)cn1. The fourth-order valence-corrected chi connectivity index (χ4v) is 3.70. The van der Waals surface area contributed by atoms with Crippen LogP contribution in [0.3, 0.4) is 0 Å². The van der Waals surface area contributed by atoms with Gasteiger partial charge in [0.05, 0.1) is 29.2 Å². The van der Waals surface area contributed by atoms with Crippen LogP contribution in [0.25, 0.3) is 0 Å². The predicted molar refractivity (Wildman–Crippen MR) is 89.9 cm³/mol. The van der Waals surface area contributed by atoms with E-state index in [0.717, 1.165) is 17.8 Å². The molecule has 1 spiro atoms. The Balaban J connectivity index is 1.51. The molecule has 2 aromatic heterocycles. The van der Waals surface area contributed by atoms with Crippen molar-refractivity contribution in [3.8, 4) is 0 Å². The summed E-state index contributed by atoms with van der Waals surface area (Å²) in [5, 5.41) is 4.14. The monoisotopic (exact) mass is 340 g/mol. The zero-order valence-corrected chi connectivity index (χ0v) is 14.3. The van der Waals surface area contributed by atoms with E-state index in [0.29, 0.717) is 31.7 Å². The van der Waals surface area contributed by atoms with Gasteiger partial charge in [0.15, 0.2) is 0 Å². The third kappa shape index (κ3) is 2.57. The molecule has 2 aliphatic rings. The zero-order valence-electron chi connectivity index (χ0n) is 14.3. The fourth-order valence-electron chi connectivity index (χ4n) is 3.70. The average Bonchev–Trinajstić information content (AvgIpc) is 3.30. The van der Waals surface area contributed by atoms with Crippen molar-refractivity contribution in [3.63, 3.8) is 0 Å². The van der Waals surface area contributed by atoms with Crippen molar-refractivity contribution in [2.75, 3.05) is 24.5 Å². The highest BCUT2D eigenvalue weighted by molar-refractivity contribution is 6.01. The number of likely N-dealkylation sites (tertiary alicyclic amines) is 1. The van der Waals surface area contributed by atoms with E-state index in [2.05, 4.69) is 15.1 Å². The molecule has 0 saturated carbocycles. The predicted octanol–water partition coefficient (Wildman–Crippen LogP) is 0.788. The number of hydrogen-bond donors (Lipinski definition) is 0. The summed E-state index contributed by atoms with van der Waals surface area (Å²) >= 11 is 0. The van der Waals surface area contributed by atoms with Crippen molar-refractivity contribution in [2.45, 2.75) is 19.8 Å². The van der Waals surface area contributed by atoms with E-state index >= 15 is 0 Å². The average molecular weight is 340 g/mol. The van der Waals surface area contributed by atoms with E-state index in [1.165, 1.54) is 6.20 Å². The molecule has 0 bridgehead atoms. The zero-order chi connectivity index (χ0) is 17.6. The van der Waals surface area contributed by atoms with Crippen LogP contribution in [0.15, 0.2) is 24.8 Å². The Morgan fingerprint density at radius 2 is 1.96 bits per heavy atom. The lowest BCUT2D eigenvalue weighted by Crippen LogP contribution is -2.38. The molecule has 8 nitrogen and oxygen atoms in total. The lowest BCUT2D eigenvalue weighted by Gasteiger charge is -2.23. The molecule has 130 valence electrons. The number of amides is 2. The van der Waals surface area contributed by atoms with Gasteiger partial charge < -0.3 is 9.80 Å². The summed E-state index contributed by atoms with van der Waals surface area (Å²) < 4.78 is 1.69. The van der Waals surface area contributed by atoms with Gasteiger partial charge in [-0.2, -0.15) is 5.10 Å². The maximum Gasteiger partial charge on any atom is 0.274 e. The largest absolute Gasteiger partial charge is 0.336 e. The smallest absolute Gasteiger partial charge is 0.274 e. The van der Waals surface area contributed by atoms with E-state index < -0.39 is 5.41 Å². The van der Waals surface area contributed by atoms with Crippen LogP contribution in [-0.4, -0.2) is 56.1 Å². The van der Waals surface area contributed by atoms with Gasteiger partial charge in [-0.05, 0) is 19.8 Å². The Morgan fingerprint density at radius 3 is 2.64 bits per heavy atom. The number of rotatable bonds is 2. The second-order valence-electron chi connectivity index (χ2n) is 6.88. The number of aryl methyl sites for hydroxylation is 2. The summed E-state index contributed by atoms with van der Waals surface area (Å²) in [5.74, 6) is -0.0669. The van der Waals surface area contributed by atoms with Crippen molar-refractivity contribution in [1.82, 2.24) is 24.6 Å². The van der Waals surface area contributed by atoms with Gasteiger partial charge in [0, 0.05) is 39.1 Å². The van der Waals surface area contributed by atoms with Gasteiger partial charge in [0.2, 0.25) is 5.91 Å². The number of hydrogen-bond acceptors (Lipinski definition) is 5. The molecule has 0 aromatic carbocycles. The summed E-state index contributed by atoms with van der Waals surface area (Å²) in [6.07, 6.45) is 8.08. The molecule has 2 amide bonds. The van der Waals surface area contributed by atoms with Crippen molar-refractivity contribution < 1.29 is 9.59 Å². The molecule has 4 rings (SSSR count). The van der Waals surface area contributed by atoms with Crippen LogP contribution in [0.1, 0.15) is 29.0 Å². The van der Waals surface area contributed by atoms with Gasteiger partial charge in [-0.3, -0.25) is 19.3 Å². The van der Waals surface area contributed by atoms with Gasteiger partial charge in [0.25, 0.3) is 5.91 Å². The molecule has 0 aliphatic carbocycles. The van der Waals surface area contributed by atoms with Crippen LogP contribution in [-0.2, 0) is 11.8 Å². The van der Waals surface area contributed by atoms with Crippen LogP contribution in [0.4, 0.5) is 5.69 Å². The summed E-state index contributed by atoms with van der Waals surface area (Å²) in [7, 11) is 1.83. The Bertz CT molecular complexity index is 830. The van der Waals surface area contributed by atoms with Crippen LogP contribution in [0.2, 0.25) is 0 Å². The Morgan fingerprint density at radius 1 is 1.16 bits per heavy atom. The topological polar surface area (TPSA) is 84.2 Å². The summed E-state index contributed by atoms with van der Waals surface area (Å²) in [5.41, 5.74) is 1.44. The van der Waals surface area contributed by atoms with Crippen LogP contribution in [0.5, 0.6) is 0 Å². The number of carbonyl (C=O) groups excluding carboxylic acids is 2. The third-order valence-electron chi connectivity index (χ3n) is 5.16. The highest BCUT2D eigenvalue weighted by Crippen LogP contribution is 2.42. The number of carbonyl (C=O) groups is 2. The van der Waals surface area contributed by atoms with Gasteiger partial charge in [0.1, 0.15) is 5.69 Å². The lowest BCUT2D eigenvalue weighted by molar-refractivity contribution is -0.124. The molecule has 25 heavy (non-hydrogen) atoms. The normalized spacial score (nSPS) is 23.0. The first-order valence-corrected chi connectivity index (χ1v) is 8.37. The van der Waals surface area contributed by atoms with Crippen molar-refractivity contribution in [3.05, 3.63) is 36.2 Å². The van der Waals surface area contributed by atoms with Crippen molar-refractivity contribution >= 4 is 17.5 Å². The second-order valence-corrected chi connectivity index (χ2v) is 6.88. The first-order valence-electron chi connectivity index (χ1n) is 8.37. The minimum Gasteiger partial charge on any atom is -0.336 e. The first-order chi connectivity index (χ1) is 12.0. The van der Waals surface area contributed by atoms with Gasteiger partial charge >= 0.3 is 0 Å². The molecule has 4 heterocycles. The number of aromatic nitrogens is 4. The maximum absolute atomic E-state index is 13.0. The molecular weight excluding hydrogens is 320 g/mol. The van der Waals surface area contributed by atoms with Crippen LogP contribution in [0, 0.1) is 12.3 Å². The molecule has 0 N–H and O–H groups in total. The van der Waals surface area contributed by atoms with E-state index in [4.69, 9.17) is 0 Å². The van der Waals surface area contributed by atoms with Crippen LogP contribution >= 0.6 is 0 Å². The molecule has 1 atom stereocenters. The highest BCUT2D eigenvalue weighted by Gasteiger charge is 2.52. The molecule has 2 saturated heterocycles. The van der Waals surface area contributed by atoms with E-state index in [-0.39, 0.29) is 11.8 Å². The molecule has 2 aromatic rings. The molecule has 0 radical (unpaired) electrons. The minimum absolute atomic E-state index is 0.0887. The summed E-state index contributed by atoms with van der Waals surface area (Å²) in [4.78, 5) is 37.5. The second kappa shape index (κ2) is 5.65. The Hall–Kier alpha value is -2.77. The van der Waals surface area contributed by atoms with Crippen molar-refractivity contribution in [2.24, 2.45) is 12.5 Å². The molecular formula is C17H20N6O2. The molecule has 0 unspecified atom stereocenters. The lowest BCUT2D eigenvalue weighted by atomic mass is 9.85. The van der Waals surface area contributed by atoms with Gasteiger partial charge in [-0.15, -0.1) is 0 Å². The molecule has 8 heteroatoms. The summed E-state index contributed by atoms with van der Waals surface area (Å²) in [6, 6.07) is 0. The molecule has 2 fully saturated rings. The minimum atomic E-state index is -0.483. The Kier molecular flexibility index (Phi) is 3.55. The quantitative estimate of drug-likeness (QED) is 0.807. The maximum atomic E-state index is 13.0. The standard InChI is InChI=1S/C17H20N6O2/c1-12-7-19-14(9-18-12)15(24)22-5-3-17(11-22)4-6-23(16(17)25)13-8-20-21(2)10-13/h7-10H,3-6,11H2,1-2H3/t17-/m1/s1. The van der Waals surface area contributed by atoms with E-state index in [1.54, 1.807) is 26.9 Å². The molecule has 2 aliphatic heterocycles. The fraction of sp³-hybridized carbons (Fsp3) is 0.471.